The lowest BCUT2D eigenvalue weighted by atomic mass is 9.90. The molecule has 0 aromatic heterocycles. The maximum atomic E-state index is 12.7. The molecule has 22 heavy (non-hydrogen) atoms. The monoisotopic (exact) mass is 343 g/mol. The molecule has 1 aliphatic rings. The lowest BCUT2D eigenvalue weighted by Gasteiger charge is -2.31. The minimum absolute atomic E-state index is 0.174. The highest BCUT2D eigenvalue weighted by molar-refractivity contribution is 6.42. The number of rotatable bonds is 5. The Labute approximate surface area is 140 Å². The Balaban J connectivity index is 2.58. The van der Waals surface area contributed by atoms with Gasteiger partial charge in [0, 0.05) is 12.1 Å². The fourth-order valence-corrected chi connectivity index (χ4v) is 3.33. The third-order valence-electron chi connectivity index (χ3n) is 3.94. The molecule has 1 aromatic rings. The van der Waals surface area contributed by atoms with E-state index in [0.29, 0.717) is 34.1 Å². The fraction of sp³-hybridized carbons (Fsp3) is 0.500. The third kappa shape index (κ3) is 2.95. The molecule has 1 aromatic carbocycles. The van der Waals surface area contributed by atoms with Gasteiger partial charge >= 0.3 is 5.97 Å². The summed E-state index contributed by atoms with van der Waals surface area (Å²) in [5.74, 6) is -1.51. The van der Waals surface area contributed by atoms with E-state index < -0.39 is 17.9 Å². The van der Waals surface area contributed by atoms with E-state index in [-0.39, 0.29) is 11.8 Å². The number of amides is 1. The summed E-state index contributed by atoms with van der Waals surface area (Å²) in [5, 5.41) is 10.2. The van der Waals surface area contributed by atoms with Gasteiger partial charge in [-0.05, 0) is 30.0 Å². The van der Waals surface area contributed by atoms with Crippen molar-refractivity contribution >= 4 is 35.1 Å². The van der Waals surface area contributed by atoms with Gasteiger partial charge in [0.1, 0.15) is 0 Å². The summed E-state index contributed by atoms with van der Waals surface area (Å²) in [6, 6.07) is 2.68. The molecule has 0 radical (unpaired) electrons. The Morgan fingerprint density at radius 1 is 1.32 bits per heavy atom. The quantitative estimate of drug-likeness (QED) is 0.868. The number of benzene rings is 1. The van der Waals surface area contributed by atoms with Gasteiger partial charge in [0.15, 0.2) is 0 Å². The third-order valence-corrected chi connectivity index (χ3v) is 4.66. The Bertz CT molecular complexity index is 616. The number of hydrogen-bond acceptors (Lipinski definition) is 2. The predicted molar refractivity (Wildman–Crippen MR) is 86.5 cm³/mol. The molecular weight excluding hydrogens is 325 g/mol. The van der Waals surface area contributed by atoms with Crippen molar-refractivity contribution in [3.8, 4) is 0 Å². The second-order valence-electron chi connectivity index (χ2n) is 6.00. The van der Waals surface area contributed by atoms with Gasteiger partial charge in [-0.15, -0.1) is 0 Å². The molecule has 0 saturated heterocycles. The van der Waals surface area contributed by atoms with Crippen LogP contribution in [0.3, 0.4) is 0 Å². The summed E-state index contributed by atoms with van der Waals surface area (Å²) >= 11 is 12.1. The molecule has 6 heteroatoms. The Morgan fingerprint density at radius 3 is 2.41 bits per heavy atom. The summed E-state index contributed by atoms with van der Waals surface area (Å²) in [6.45, 7) is 6.30. The number of carboxylic acid groups (broad SMARTS) is 1. The lowest BCUT2D eigenvalue weighted by Crippen LogP contribution is -2.37. The molecule has 1 amide bonds. The van der Waals surface area contributed by atoms with Gasteiger partial charge in [0.25, 0.3) is 5.91 Å². The lowest BCUT2D eigenvalue weighted by molar-refractivity contribution is -0.144. The highest BCUT2D eigenvalue weighted by atomic mass is 35.5. The summed E-state index contributed by atoms with van der Waals surface area (Å²) in [5.41, 5.74) is 1.12. The van der Waals surface area contributed by atoms with Crippen LogP contribution in [0.1, 0.15) is 49.2 Å². The first kappa shape index (κ1) is 17.1. The van der Waals surface area contributed by atoms with E-state index in [1.165, 1.54) is 0 Å². The zero-order valence-electron chi connectivity index (χ0n) is 12.8. The Morgan fingerprint density at radius 2 is 1.91 bits per heavy atom. The maximum Gasteiger partial charge on any atom is 0.308 e. The largest absolute Gasteiger partial charge is 0.481 e. The summed E-state index contributed by atoms with van der Waals surface area (Å²) in [4.78, 5) is 25.9. The van der Waals surface area contributed by atoms with E-state index in [0.717, 1.165) is 0 Å². The first-order chi connectivity index (χ1) is 10.3. The van der Waals surface area contributed by atoms with Gasteiger partial charge in [-0.25, -0.2) is 0 Å². The smallest absolute Gasteiger partial charge is 0.308 e. The van der Waals surface area contributed by atoms with Crippen LogP contribution in [0.25, 0.3) is 0 Å². The van der Waals surface area contributed by atoms with E-state index in [9.17, 15) is 14.7 Å². The molecule has 1 heterocycles. The average molecular weight is 344 g/mol. The molecule has 2 unspecified atom stereocenters. The Kier molecular flexibility index (Phi) is 5.03. The molecule has 0 aliphatic carbocycles. The second-order valence-corrected chi connectivity index (χ2v) is 6.82. The zero-order valence-corrected chi connectivity index (χ0v) is 14.3. The van der Waals surface area contributed by atoms with Crippen molar-refractivity contribution in [1.82, 2.24) is 4.90 Å². The van der Waals surface area contributed by atoms with Gasteiger partial charge < -0.3 is 10.0 Å². The van der Waals surface area contributed by atoms with Gasteiger partial charge in [-0.3, -0.25) is 9.59 Å². The molecule has 2 rings (SSSR count). The number of hydrogen-bond donors (Lipinski definition) is 1. The first-order valence-electron chi connectivity index (χ1n) is 7.30. The van der Waals surface area contributed by atoms with E-state index in [1.54, 1.807) is 17.0 Å². The van der Waals surface area contributed by atoms with Crippen molar-refractivity contribution in [3.05, 3.63) is 33.3 Å². The summed E-state index contributed by atoms with van der Waals surface area (Å²) in [7, 11) is 0. The Hall–Kier alpha value is -1.26. The number of carbonyl (C=O) groups is 2. The van der Waals surface area contributed by atoms with Crippen molar-refractivity contribution in [3.63, 3.8) is 0 Å². The molecule has 0 fully saturated rings. The summed E-state index contributed by atoms with van der Waals surface area (Å²) in [6.07, 6.45) is 0.432. The number of carbonyl (C=O) groups excluding carboxylic acids is 1. The normalized spacial score (nSPS) is 18.7. The molecule has 1 N–H and O–H groups in total. The standard InChI is InChI=1S/C16H19Cl2NO3/c1-4-9(16(21)22)14-10-5-12(17)13(18)6-11(10)15(20)19(14)7-8(2)3/h5-6,8-9,14H,4,7H2,1-3H3,(H,21,22). The van der Waals surface area contributed by atoms with Crippen LogP contribution in [0.2, 0.25) is 10.0 Å². The molecule has 1 aliphatic heterocycles. The minimum atomic E-state index is -0.909. The highest BCUT2D eigenvalue weighted by Crippen LogP contribution is 2.43. The van der Waals surface area contributed by atoms with Gasteiger partial charge in [-0.2, -0.15) is 0 Å². The fourth-order valence-electron chi connectivity index (χ4n) is 3.00. The average Bonchev–Trinajstić information content (AvgIpc) is 2.65. The second kappa shape index (κ2) is 6.47. The van der Waals surface area contributed by atoms with E-state index >= 15 is 0 Å². The number of nitrogens with zero attached hydrogens (tertiary/aromatic N) is 1. The molecule has 120 valence electrons. The zero-order chi connectivity index (χ0) is 16.6. The maximum absolute atomic E-state index is 12.7. The van der Waals surface area contributed by atoms with Crippen LogP contribution >= 0.6 is 23.2 Å². The SMILES string of the molecule is CCC(C(=O)O)C1c2cc(Cl)c(Cl)cc2C(=O)N1CC(C)C. The predicted octanol–water partition coefficient (Wildman–Crippen LogP) is 4.26. The summed E-state index contributed by atoms with van der Waals surface area (Å²) < 4.78 is 0. The van der Waals surface area contributed by atoms with E-state index in [2.05, 4.69) is 0 Å². The van der Waals surface area contributed by atoms with E-state index in [4.69, 9.17) is 23.2 Å². The van der Waals surface area contributed by atoms with Crippen LogP contribution in [0.15, 0.2) is 12.1 Å². The van der Waals surface area contributed by atoms with Crippen molar-refractivity contribution in [2.75, 3.05) is 6.54 Å². The van der Waals surface area contributed by atoms with Crippen LogP contribution < -0.4 is 0 Å². The molecular formula is C16H19Cl2NO3. The van der Waals surface area contributed by atoms with Crippen LogP contribution in [-0.4, -0.2) is 28.4 Å². The number of fused-ring (bicyclic) bond motifs is 1. The first-order valence-corrected chi connectivity index (χ1v) is 8.06. The molecule has 0 saturated carbocycles. The van der Waals surface area contributed by atoms with Gasteiger partial charge in [0.05, 0.1) is 22.0 Å². The van der Waals surface area contributed by atoms with Crippen molar-refractivity contribution in [1.29, 1.82) is 0 Å². The number of carboxylic acids is 1. The number of halogens is 2. The molecule has 0 spiro atoms. The van der Waals surface area contributed by atoms with Crippen molar-refractivity contribution in [2.45, 2.75) is 33.2 Å². The van der Waals surface area contributed by atoms with Crippen LogP contribution in [0.4, 0.5) is 0 Å². The molecule has 0 bridgehead atoms. The van der Waals surface area contributed by atoms with Crippen molar-refractivity contribution in [2.24, 2.45) is 11.8 Å². The van der Waals surface area contributed by atoms with Gasteiger partial charge in [0.2, 0.25) is 0 Å². The van der Waals surface area contributed by atoms with E-state index in [1.807, 2.05) is 20.8 Å². The highest BCUT2D eigenvalue weighted by Gasteiger charge is 2.43. The van der Waals surface area contributed by atoms with Crippen LogP contribution in [-0.2, 0) is 4.79 Å². The molecule has 4 nitrogen and oxygen atoms in total. The van der Waals surface area contributed by atoms with Crippen LogP contribution in [0, 0.1) is 11.8 Å². The number of aliphatic carboxylic acids is 1. The van der Waals surface area contributed by atoms with Crippen molar-refractivity contribution < 1.29 is 14.7 Å². The van der Waals surface area contributed by atoms with Gasteiger partial charge in [-0.1, -0.05) is 44.0 Å². The molecule has 2 atom stereocenters. The minimum Gasteiger partial charge on any atom is -0.481 e. The van der Waals surface area contributed by atoms with Crippen LogP contribution in [0.5, 0.6) is 0 Å². The topological polar surface area (TPSA) is 57.6 Å².